The minimum Gasteiger partial charge on any atom is -0.497 e. The van der Waals surface area contributed by atoms with E-state index in [4.69, 9.17) is 23.7 Å². The molecular weight excluding hydrogens is 330 g/mol. The molecule has 1 aromatic carbocycles. The lowest BCUT2D eigenvalue weighted by atomic mass is 10.1. The first-order chi connectivity index (χ1) is 12.0. The lowest BCUT2D eigenvalue weighted by molar-refractivity contribution is -0.149. The van der Waals surface area contributed by atoms with Crippen LogP contribution in [0.2, 0.25) is 0 Å². The third kappa shape index (κ3) is 5.03. The molecule has 25 heavy (non-hydrogen) atoms. The SMILES string of the molecule is COc1ccc(OC)c([C@H](C)NC(=O)COC(=O)C2=COCCO2)c1. The molecule has 136 valence electrons. The van der Waals surface area contributed by atoms with Crippen molar-refractivity contribution in [2.45, 2.75) is 13.0 Å². The van der Waals surface area contributed by atoms with Crippen molar-refractivity contribution in [3.8, 4) is 11.5 Å². The van der Waals surface area contributed by atoms with Crippen molar-refractivity contribution >= 4 is 11.9 Å². The van der Waals surface area contributed by atoms with E-state index in [0.29, 0.717) is 18.1 Å². The van der Waals surface area contributed by atoms with Crippen molar-refractivity contribution in [1.82, 2.24) is 5.32 Å². The molecule has 0 bridgehead atoms. The molecular formula is C17H21NO7. The molecule has 0 spiro atoms. The highest BCUT2D eigenvalue weighted by atomic mass is 16.6. The average Bonchev–Trinajstić information content (AvgIpc) is 2.66. The van der Waals surface area contributed by atoms with Crippen LogP contribution in [0, 0.1) is 0 Å². The molecule has 1 amide bonds. The number of rotatable bonds is 7. The minimum absolute atomic E-state index is 0.0541. The van der Waals surface area contributed by atoms with E-state index in [1.165, 1.54) is 6.26 Å². The van der Waals surface area contributed by atoms with Gasteiger partial charge in [-0.25, -0.2) is 4.79 Å². The molecule has 0 saturated carbocycles. The Morgan fingerprint density at radius 1 is 1.24 bits per heavy atom. The Morgan fingerprint density at radius 3 is 2.68 bits per heavy atom. The second-order valence-electron chi connectivity index (χ2n) is 5.17. The van der Waals surface area contributed by atoms with Crippen LogP contribution in [-0.4, -0.2) is 45.9 Å². The van der Waals surface area contributed by atoms with E-state index in [0.717, 1.165) is 5.56 Å². The summed E-state index contributed by atoms with van der Waals surface area (Å²) in [6.45, 7) is 1.99. The van der Waals surface area contributed by atoms with Crippen molar-refractivity contribution in [3.63, 3.8) is 0 Å². The third-order valence-electron chi connectivity index (χ3n) is 3.47. The van der Waals surface area contributed by atoms with Crippen molar-refractivity contribution in [2.75, 3.05) is 34.0 Å². The molecule has 8 heteroatoms. The number of ether oxygens (including phenoxy) is 5. The topological polar surface area (TPSA) is 92.3 Å². The van der Waals surface area contributed by atoms with Gasteiger partial charge in [0.2, 0.25) is 5.76 Å². The zero-order valence-corrected chi connectivity index (χ0v) is 14.4. The molecule has 8 nitrogen and oxygen atoms in total. The highest BCUT2D eigenvalue weighted by Gasteiger charge is 2.20. The normalized spacial score (nSPS) is 14.3. The van der Waals surface area contributed by atoms with E-state index < -0.39 is 18.5 Å². The van der Waals surface area contributed by atoms with E-state index in [2.05, 4.69) is 5.32 Å². The maximum absolute atomic E-state index is 12.0. The predicted molar refractivity (Wildman–Crippen MR) is 87.0 cm³/mol. The fourth-order valence-corrected chi connectivity index (χ4v) is 2.22. The molecule has 0 fully saturated rings. The third-order valence-corrected chi connectivity index (χ3v) is 3.47. The maximum atomic E-state index is 12.0. The number of methoxy groups -OCH3 is 2. The van der Waals surface area contributed by atoms with Crippen LogP contribution in [0.25, 0.3) is 0 Å². The van der Waals surface area contributed by atoms with Crippen LogP contribution in [0.5, 0.6) is 11.5 Å². The van der Waals surface area contributed by atoms with Gasteiger partial charge in [0, 0.05) is 5.56 Å². The zero-order valence-electron chi connectivity index (χ0n) is 14.4. The zero-order chi connectivity index (χ0) is 18.2. The lowest BCUT2D eigenvalue weighted by Crippen LogP contribution is -2.32. The Hall–Kier alpha value is -2.90. The fraction of sp³-hybridized carbons (Fsp3) is 0.412. The first-order valence-electron chi connectivity index (χ1n) is 7.68. The number of amides is 1. The second kappa shape index (κ2) is 8.81. The summed E-state index contributed by atoms with van der Waals surface area (Å²) in [5.41, 5.74) is 0.744. The molecule has 0 radical (unpaired) electrons. The summed E-state index contributed by atoms with van der Waals surface area (Å²) in [6, 6.07) is 4.92. The Balaban J connectivity index is 1.91. The molecule has 1 N–H and O–H groups in total. The lowest BCUT2D eigenvalue weighted by Gasteiger charge is -2.18. The van der Waals surface area contributed by atoms with Crippen molar-refractivity contribution < 1.29 is 33.3 Å². The standard InChI is InChI=1S/C17H21NO7/c1-11(13-8-12(21-2)4-5-14(13)22-3)18-16(19)10-25-17(20)15-9-23-6-7-24-15/h4-5,8-9,11H,6-7,10H2,1-3H3,(H,18,19)/t11-/m0/s1. The number of hydrogen-bond acceptors (Lipinski definition) is 7. The second-order valence-corrected chi connectivity index (χ2v) is 5.17. The molecule has 0 saturated heterocycles. The van der Waals surface area contributed by atoms with E-state index in [-0.39, 0.29) is 18.4 Å². The van der Waals surface area contributed by atoms with Gasteiger partial charge in [-0.3, -0.25) is 4.79 Å². The number of nitrogens with one attached hydrogen (secondary N) is 1. The van der Waals surface area contributed by atoms with Crippen LogP contribution in [-0.2, 0) is 23.8 Å². The summed E-state index contributed by atoms with van der Waals surface area (Å²) < 4.78 is 25.4. The predicted octanol–water partition coefficient (Wildman–Crippen LogP) is 1.31. The van der Waals surface area contributed by atoms with Gasteiger partial charge in [0.1, 0.15) is 31.0 Å². The van der Waals surface area contributed by atoms with E-state index in [1.54, 1.807) is 39.3 Å². The maximum Gasteiger partial charge on any atom is 0.377 e. The Kier molecular flexibility index (Phi) is 6.50. The molecule has 1 aromatic rings. The summed E-state index contributed by atoms with van der Waals surface area (Å²) in [5, 5.41) is 2.74. The van der Waals surface area contributed by atoms with Crippen LogP contribution in [0.15, 0.2) is 30.2 Å². The fourth-order valence-electron chi connectivity index (χ4n) is 2.22. The number of carbonyl (C=O) groups excluding carboxylic acids is 2. The first-order valence-corrected chi connectivity index (χ1v) is 7.68. The number of carbonyl (C=O) groups is 2. The van der Waals surface area contributed by atoms with Crippen LogP contribution >= 0.6 is 0 Å². The van der Waals surface area contributed by atoms with Gasteiger partial charge in [0.05, 0.1) is 20.3 Å². The van der Waals surface area contributed by atoms with Crippen molar-refractivity contribution in [1.29, 1.82) is 0 Å². The van der Waals surface area contributed by atoms with Gasteiger partial charge >= 0.3 is 5.97 Å². The van der Waals surface area contributed by atoms with Gasteiger partial charge in [0.25, 0.3) is 5.91 Å². The van der Waals surface area contributed by atoms with E-state index >= 15 is 0 Å². The molecule has 0 unspecified atom stereocenters. The summed E-state index contributed by atoms with van der Waals surface area (Å²) in [7, 11) is 3.10. The molecule has 1 heterocycles. The summed E-state index contributed by atoms with van der Waals surface area (Å²) in [5.74, 6) is -0.000654. The number of benzene rings is 1. The molecule has 1 atom stereocenters. The van der Waals surface area contributed by atoms with Gasteiger partial charge < -0.3 is 29.0 Å². The van der Waals surface area contributed by atoms with Gasteiger partial charge in [0.15, 0.2) is 6.61 Å². The van der Waals surface area contributed by atoms with Crippen LogP contribution in [0.3, 0.4) is 0 Å². The monoisotopic (exact) mass is 351 g/mol. The minimum atomic E-state index is -0.749. The molecule has 2 rings (SSSR count). The largest absolute Gasteiger partial charge is 0.497 e. The summed E-state index contributed by atoms with van der Waals surface area (Å²) in [6.07, 6.45) is 1.17. The van der Waals surface area contributed by atoms with Crippen LogP contribution in [0.1, 0.15) is 18.5 Å². The molecule has 0 aliphatic carbocycles. The Labute approximate surface area is 145 Å². The molecule has 1 aliphatic heterocycles. The molecule has 0 aromatic heterocycles. The molecule has 1 aliphatic rings. The van der Waals surface area contributed by atoms with Gasteiger partial charge in [-0.1, -0.05) is 0 Å². The van der Waals surface area contributed by atoms with Gasteiger partial charge in [-0.15, -0.1) is 0 Å². The van der Waals surface area contributed by atoms with Crippen LogP contribution in [0.4, 0.5) is 0 Å². The van der Waals surface area contributed by atoms with Crippen molar-refractivity contribution in [3.05, 3.63) is 35.8 Å². The number of hydrogen-bond donors (Lipinski definition) is 1. The number of esters is 1. The summed E-state index contributed by atoms with van der Waals surface area (Å²) >= 11 is 0. The highest BCUT2D eigenvalue weighted by molar-refractivity contribution is 5.88. The van der Waals surface area contributed by atoms with Crippen molar-refractivity contribution in [2.24, 2.45) is 0 Å². The van der Waals surface area contributed by atoms with Gasteiger partial charge in [-0.05, 0) is 25.1 Å². The average molecular weight is 351 g/mol. The Morgan fingerprint density at radius 2 is 2.04 bits per heavy atom. The summed E-state index contributed by atoms with van der Waals surface area (Å²) in [4.78, 5) is 23.7. The van der Waals surface area contributed by atoms with E-state index in [1.807, 2.05) is 0 Å². The highest BCUT2D eigenvalue weighted by Crippen LogP contribution is 2.29. The van der Waals surface area contributed by atoms with Crippen LogP contribution < -0.4 is 14.8 Å². The van der Waals surface area contributed by atoms with E-state index in [9.17, 15) is 9.59 Å². The first kappa shape index (κ1) is 18.4. The quantitative estimate of drug-likeness (QED) is 0.741. The van der Waals surface area contributed by atoms with Gasteiger partial charge in [-0.2, -0.15) is 0 Å². The Bertz CT molecular complexity index is 656. The smallest absolute Gasteiger partial charge is 0.377 e.